The fourth-order valence-corrected chi connectivity index (χ4v) is 4.47. The van der Waals surface area contributed by atoms with Gasteiger partial charge in [0.05, 0.1) is 11.4 Å². The standard InChI is InChI=1S/C19H27N3O5S/c1-28(26,27)17-4-2-16(3-5-17)22-13-12-20(14-18(22)23)9-6-15-7-10-21(11-8-15)19(24)25/h2-5,15H,6-14H2,1H3,(H,24,25). The van der Waals surface area contributed by atoms with Crippen LogP contribution >= 0.6 is 0 Å². The molecule has 28 heavy (non-hydrogen) atoms. The Hall–Kier alpha value is -2.13. The molecule has 8 nitrogen and oxygen atoms in total. The smallest absolute Gasteiger partial charge is 0.407 e. The summed E-state index contributed by atoms with van der Waals surface area (Å²) in [5, 5.41) is 9.01. The number of rotatable bonds is 5. The van der Waals surface area contributed by atoms with Crippen molar-refractivity contribution in [1.29, 1.82) is 0 Å². The number of nitrogens with zero attached hydrogens (tertiary/aromatic N) is 3. The highest BCUT2D eigenvalue weighted by Gasteiger charge is 2.27. The number of hydrogen-bond donors (Lipinski definition) is 1. The van der Waals surface area contributed by atoms with Crippen molar-refractivity contribution in [3.63, 3.8) is 0 Å². The Morgan fingerprint density at radius 3 is 2.29 bits per heavy atom. The van der Waals surface area contributed by atoms with Crippen molar-refractivity contribution in [2.24, 2.45) is 5.92 Å². The summed E-state index contributed by atoms with van der Waals surface area (Å²) in [6, 6.07) is 6.43. The summed E-state index contributed by atoms with van der Waals surface area (Å²) in [4.78, 5) is 29.1. The van der Waals surface area contributed by atoms with Crippen LogP contribution in [0, 0.1) is 5.92 Å². The molecule has 0 aromatic heterocycles. The van der Waals surface area contributed by atoms with Crippen molar-refractivity contribution < 1.29 is 23.1 Å². The largest absolute Gasteiger partial charge is 0.465 e. The number of sulfone groups is 1. The van der Waals surface area contributed by atoms with E-state index in [0.29, 0.717) is 32.1 Å². The molecule has 0 atom stereocenters. The van der Waals surface area contributed by atoms with Crippen LogP contribution < -0.4 is 4.90 Å². The van der Waals surface area contributed by atoms with E-state index in [9.17, 15) is 18.0 Å². The molecule has 1 aromatic rings. The third kappa shape index (κ3) is 5.02. The molecule has 0 aliphatic carbocycles. The minimum Gasteiger partial charge on any atom is -0.465 e. The number of hydrogen-bond acceptors (Lipinski definition) is 5. The van der Waals surface area contributed by atoms with Crippen LogP contribution in [0.4, 0.5) is 10.5 Å². The van der Waals surface area contributed by atoms with Gasteiger partial charge >= 0.3 is 6.09 Å². The van der Waals surface area contributed by atoms with Gasteiger partial charge in [0.1, 0.15) is 0 Å². The summed E-state index contributed by atoms with van der Waals surface area (Å²) in [5.74, 6) is 0.520. The topological polar surface area (TPSA) is 98.2 Å². The first-order valence-electron chi connectivity index (χ1n) is 9.55. The summed E-state index contributed by atoms with van der Waals surface area (Å²) in [6.07, 6.45) is 3.06. The van der Waals surface area contributed by atoms with Crippen molar-refractivity contribution in [2.45, 2.75) is 24.2 Å². The van der Waals surface area contributed by atoms with E-state index in [1.54, 1.807) is 17.0 Å². The average molecular weight is 410 g/mol. The molecule has 1 aromatic carbocycles. The van der Waals surface area contributed by atoms with Crippen LogP contribution in [0.2, 0.25) is 0 Å². The molecule has 9 heteroatoms. The predicted molar refractivity (Wildman–Crippen MR) is 105 cm³/mol. The Morgan fingerprint density at radius 1 is 1.11 bits per heavy atom. The van der Waals surface area contributed by atoms with Gasteiger partial charge in [0.25, 0.3) is 0 Å². The van der Waals surface area contributed by atoms with E-state index in [4.69, 9.17) is 5.11 Å². The van der Waals surface area contributed by atoms with Crippen molar-refractivity contribution in [3.05, 3.63) is 24.3 Å². The highest BCUT2D eigenvalue weighted by atomic mass is 32.2. The van der Waals surface area contributed by atoms with Gasteiger partial charge in [-0.05, 0) is 56.0 Å². The van der Waals surface area contributed by atoms with Crippen LogP contribution in [0.5, 0.6) is 0 Å². The van der Waals surface area contributed by atoms with Gasteiger partial charge < -0.3 is 14.9 Å². The van der Waals surface area contributed by atoms with Gasteiger partial charge in [0.2, 0.25) is 5.91 Å². The van der Waals surface area contributed by atoms with Crippen molar-refractivity contribution in [2.75, 3.05) is 50.4 Å². The van der Waals surface area contributed by atoms with Gasteiger partial charge in [-0.15, -0.1) is 0 Å². The predicted octanol–water partition coefficient (Wildman–Crippen LogP) is 1.52. The zero-order chi connectivity index (χ0) is 20.3. The molecule has 2 fully saturated rings. The average Bonchev–Trinajstić information content (AvgIpc) is 2.66. The molecule has 1 N–H and O–H groups in total. The molecule has 2 heterocycles. The number of likely N-dealkylation sites (tertiary alicyclic amines) is 1. The van der Waals surface area contributed by atoms with E-state index in [1.165, 1.54) is 17.0 Å². The van der Waals surface area contributed by atoms with Crippen LogP contribution in [0.3, 0.4) is 0 Å². The van der Waals surface area contributed by atoms with Gasteiger partial charge in [-0.1, -0.05) is 0 Å². The zero-order valence-corrected chi connectivity index (χ0v) is 16.9. The van der Waals surface area contributed by atoms with E-state index in [-0.39, 0.29) is 10.8 Å². The lowest BCUT2D eigenvalue weighted by Gasteiger charge is -2.36. The van der Waals surface area contributed by atoms with E-state index in [2.05, 4.69) is 4.90 Å². The molecule has 2 saturated heterocycles. The fourth-order valence-electron chi connectivity index (χ4n) is 3.84. The SMILES string of the molecule is CS(=O)(=O)c1ccc(N2CCN(CCC3CCN(C(=O)O)CC3)CC2=O)cc1. The van der Waals surface area contributed by atoms with Gasteiger partial charge in [-0.2, -0.15) is 0 Å². The van der Waals surface area contributed by atoms with Gasteiger partial charge in [0, 0.05) is 38.1 Å². The maximum absolute atomic E-state index is 12.6. The molecule has 0 unspecified atom stereocenters. The van der Waals surface area contributed by atoms with Crippen LogP contribution in [-0.4, -0.2) is 80.8 Å². The number of benzene rings is 1. The maximum atomic E-state index is 12.6. The molecular formula is C19H27N3O5S. The molecule has 154 valence electrons. The number of amides is 2. The molecular weight excluding hydrogens is 382 g/mol. The quantitative estimate of drug-likeness (QED) is 0.792. The molecule has 3 rings (SSSR count). The Kier molecular flexibility index (Phi) is 6.24. The van der Waals surface area contributed by atoms with Crippen molar-refractivity contribution >= 4 is 27.5 Å². The number of carboxylic acid groups (broad SMARTS) is 1. The maximum Gasteiger partial charge on any atom is 0.407 e. The molecule has 0 saturated carbocycles. The Bertz CT molecular complexity index is 816. The lowest BCUT2D eigenvalue weighted by molar-refractivity contribution is -0.121. The molecule has 2 amide bonds. The first-order valence-corrected chi connectivity index (χ1v) is 11.4. The number of piperazine rings is 1. The van der Waals surface area contributed by atoms with Crippen molar-refractivity contribution in [3.8, 4) is 0 Å². The van der Waals surface area contributed by atoms with E-state index < -0.39 is 15.9 Å². The normalized spacial score (nSPS) is 19.8. The zero-order valence-electron chi connectivity index (χ0n) is 16.1. The second-order valence-electron chi connectivity index (χ2n) is 7.59. The first-order chi connectivity index (χ1) is 13.2. The van der Waals surface area contributed by atoms with Crippen LogP contribution in [0.25, 0.3) is 0 Å². The Balaban J connectivity index is 1.48. The fraction of sp³-hybridized carbons (Fsp3) is 0.579. The molecule has 2 aliphatic rings. The Labute approximate surface area is 165 Å². The van der Waals surface area contributed by atoms with Gasteiger partial charge in [-0.3, -0.25) is 9.69 Å². The highest BCUT2D eigenvalue weighted by Crippen LogP contribution is 2.23. The number of carbonyl (C=O) groups excluding carboxylic acids is 1. The third-order valence-electron chi connectivity index (χ3n) is 5.61. The van der Waals surface area contributed by atoms with Gasteiger partial charge in [-0.25, -0.2) is 13.2 Å². The second-order valence-corrected chi connectivity index (χ2v) is 9.60. The summed E-state index contributed by atoms with van der Waals surface area (Å²) >= 11 is 0. The van der Waals surface area contributed by atoms with E-state index in [0.717, 1.165) is 44.3 Å². The monoisotopic (exact) mass is 409 g/mol. The number of carbonyl (C=O) groups is 2. The summed E-state index contributed by atoms with van der Waals surface area (Å²) in [6.45, 7) is 3.72. The van der Waals surface area contributed by atoms with Crippen LogP contribution in [0.1, 0.15) is 19.3 Å². The third-order valence-corrected chi connectivity index (χ3v) is 6.74. The van der Waals surface area contributed by atoms with Crippen LogP contribution in [-0.2, 0) is 14.6 Å². The van der Waals surface area contributed by atoms with E-state index in [1.807, 2.05) is 0 Å². The lowest BCUT2D eigenvalue weighted by Crippen LogP contribution is -2.51. The first kappa shape index (κ1) is 20.6. The molecule has 2 aliphatic heterocycles. The summed E-state index contributed by atoms with van der Waals surface area (Å²) in [7, 11) is -3.25. The summed E-state index contributed by atoms with van der Waals surface area (Å²) in [5.41, 5.74) is 0.720. The second kappa shape index (κ2) is 8.48. The molecule has 0 spiro atoms. The minimum atomic E-state index is -3.25. The van der Waals surface area contributed by atoms with E-state index >= 15 is 0 Å². The highest BCUT2D eigenvalue weighted by molar-refractivity contribution is 7.90. The molecule has 0 bridgehead atoms. The summed E-state index contributed by atoms with van der Waals surface area (Å²) < 4.78 is 23.1. The number of anilines is 1. The minimum absolute atomic E-state index is 0.0130. The van der Waals surface area contributed by atoms with Gasteiger partial charge in [0.15, 0.2) is 9.84 Å². The molecule has 0 radical (unpaired) electrons. The Morgan fingerprint density at radius 2 is 1.75 bits per heavy atom. The number of piperidine rings is 1. The van der Waals surface area contributed by atoms with Crippen molar-refractivity contribution in [1.82, 2.24) is 9.80 Å². The lowest BCUT2D eigenvalue weighted by atomic mass is 9.93. The van der Waals surface area contributed by atoms with Crippen LogP contribution in [0.15, 0.2) is 29.2 Å².